The van der Waals surface area contributed by atoms with Crippen molar-refractivity contribution in [3.63, 3.8) is 0 Å². The quantitative estimate of drug-likeness (QED) is 0.0246. The van der Waals surface area contributed by atoms with E-state index in [9.17, 15) is 48.6 Å². The molecule has 73 heavy (non-hydrogen) atoms. The molecular formula is C53H98N2O12S6. The van der Waals surface area contributed by atoms with Crippen LogP contribution in [0.5, 0.6) is 0 Å². The van der Waals surface area contributed by atoms with Crippen LogP contribution in [0.25, 0.3) is 0 Å². The van der Waals surface area contributed by atoms with Crippen LogP contribution >= 0.6 is 64.8 Å². The van der Waals surface area contributed by atoms with Gasteiger partial charge in [-0.3, -0.25) is 38.4 Å². The van der Waals surface area contributed by atoms with Crippen LogP contribution in [0.2, 0.25) is 0 Å². The summed E-state index contributed by atoms with van der Waals surface area (Å²) >= 11 is 0. The number of carboxylic acids is 4. The minimum Gasteiger partial charge on any atom is -0.481 e. The predicted octanol–water partition coefficient (Wildman–Crippen LogP) is 13.8. The molecule has 14 nitrogen and oxygen atoms in total. The van der Waals surface area contributed by atoms with E-state index in [-0.39, 0.29) is 74.4 Å². The van der Waals surface area contributed by atoms with Crippen LogP contribution in [0.4, 0.5) is 0 Å². The number of carbonyl (C=O) groups excluding carboxylic acids is 4. The molecule has 428 valence electrons. The van der Waals surface area contributed by atoms with E-state index >= 15 is 0 Å². The molecule has 0 aromatic heterocycles. The Hall–Kier alpha value is -1.74. The molecule has 0 saturated heterocycles. The SMILES string of the molecule is CSSC.CSSC.CSSC.C[C@@H](CCCCNC(=O)CC[C@H](CC(=O)CC[C@H](CC(=O)C1CCC(CNC(=O)CCCCCCCCCCCCCCCCCCC(=O)O)CC1)C(=O)O)C(=O)O)C(=O)O. The fraction of sp³-hybridized carbons (Fsp3) is 0.849. The van der Waals surface area contributed by atoms with Crippen molar-refractivity contribution in [2.75, 3.05) is 50.6 Å². The van der Waals surface area contributed by atoms with E-state index in [0.717, 1.165) is 51.4 Å². The molecule has 1 saturated carbocycles. The van der Waals surface area contributed by atoms with Crippen LogP contribution in [0.1, 0.15) is 206 Å². The Morgan fingerprint density at radius 2 is 0.836 bits per heavy atom. The van der Waals surface area contributed by atoms with Gasteiger partial charge in [-0.25, -0.2) is 0 Å². The summed E-state index contributed by atoms with van der Waals surface area (Å²) in [5, 5.41) is 42.7. The zero-order valence-electron chi connectivity index (χ0n) is 45.7. The number of amides is 2. The lowest BCUT2D eigenvalue weighted by Crippen LogP contribution is -2.33. The molecule has 1 aliphatic carbocycles. The normalized spacial score (nSPS) is 15.1. The first-order valence-corrected chi connectivity index (χ1v) is 35.5. The molecule has 0 aromatic rings. The predicted molar refractivity (Wildman–Crippen MR) is 314 cm³/mol. The number of ketones is 2. The van der Waals surface area contributed by atoms with Crippen molar-refractivity contribution in [1.82, 2.24) is 10.6 Å². The molecule has 2 amide bonds. The minimum absolute atomic E-state index is 0.0533. The maximum atomic E-state index is 13.1. The van der Waals surface area contributed by atoms with E-state index in [0.29, 0.717) is 51.6 Å². The number of hydrogen-bond donors (Lipinski definition) is 6. The van der Waals surface area contributed by atoms with Gasteiger partial charge in [0.2, 0.25) is 11.8 Å². The van der Waals surface area contributed by atoms with Gasteiger partial charge in [0.15, 0.2) is 0 Å². The second-order valence-corrected chi connectivity index (χ2v) is 26.7. The smallest absolute Gasteiger partial charge is 0.306 e. The Kier molecular flexibility index (Phi) is 56.9. The van der Waals surface area contributed by atoms with E-state index < -0.39 is 47.4 Å². The number of carbonyl (C=O) groups is 8. The van der Waals surface area contributed by atoms with Crippen LogP contribution in [0.15, 0.2) is 0 Å². The average molecular weight is 1150 g/mol. The molecule has 6 N–H and O–H groups in total. The van der Waals surface area contributed by atoms with Gasteiger partial charge in [0.1, 0.15) is 11.6 Å². The monoisotopic (exact) mass is 1150 g/mol. The molecule has 20 heteroatoms. The molecule has 1 rings (SSSR count). The zero-order valence-corrected chi connectivity index (χ0v) is 50.6. The Balaban J connectivity index is -0.00000365. The number of carboxylic acid groups (broad SMARTS) is 4. The maximum absolute atomic E-state index is 13.1. The summed E-state index contributed by atoms with van der Waals surface area (Å²) in [6.45, 7) is 2.53. The van der Waals surface area contributed by atoms with Gasteiger partial charge >= 0.3 is 23.9 Å². The molecule has 3 atom stereocenters. The van der Waals surface area contributed by atoms with E-state index in [1.165, 1.54) is 64.2 Å². The number of aliphatic carboxylic acids is 4. The van der Waals surface area contributed by atoms with E-state index in [2.05, 4.69) is 48.2 Å². The molecule has 0 radical (unpaired) electrons. The standard InChI is InChI=1S/C47H80N2O12.3C2H6S2/c1-35(45(56)57)20-18-19-31-48-43(53)30-28-38(46(58)59)32-40(50)29-27-39(47(60)61)33-41(51)37-25-23-36(24-26-37)34-49-42(52)21-16-14-12-10-8-6-4-2-3-5-7-9-11-13-15-17-22-44(54)55;3*1-3-4-2/h35-39H,2-34H2,1H3,(H,48,53)(H,49,52)(H,54,55)(H,56,57)(H,58,59)(H,60,61);3*1-2H3/t35-,36?,37?,38+,39+;;;/m0.../s1. The Labute approximate surface area is 464 Å². The van der Waals surface area contributed by atoms with Gasteiger partial charge in [-0.2, -0.15) is 0 Å². The Morgan fingerprint density at radius 1 is 0.438 bits per heavy atom. The first-order valence-electron chi connectivity index (χ1n) is 26.6. The summed E-state index contributed by atoms with van der Waals surface area (Å²) < 4.78 is 0. The summed E-state index contributed by atoms with van der Waals surface area (Å²) in [6.07, 6.45) is 35.4. The fourth-order valence-electron chi connectivity index (χ4n) is 8.14. The third-order valence-electron chi connectivity index (χ3n) is 12.9. The number of unbranched alkanes of at least 4 members (excludes halogenated alkanes) is 16. The third-order valence-corrected chi connectivity index (χ3v) is 16.9. The van der Waals surface area contributed by atoms with Crippen molar-refractivity contribution in [3.8, 4) is 0 Å². The molecule has 0 unspecified atom stereocenters. The van der Waals surface area contributed by atoms with Crippen LogP contribution in [-0.4, -0.2) is 118 Å². The van der Waals surface area contributed by atoms with Crippen molar-refractivity contribution in [3.05, 3.63) is 0 Å². The van der Waals surface area contributed by atoms with Crippen LogP contribution in [0, 0.1) is 29.6 Å². The topological polar surface area (TPSA) is 242 Å². The van der Waals surface area contributed by atoms with Crippen molar-refractivity contribution in [2.24, 2.45) is 29.6 Å². The highest BCUT2D eigenvalue weighted by atomic mass is 33.1. The minimum atomic E-state index is -1.22. The summed E-state index contributed by atoms with van der Waals surface area (Å²) in [5.41, 5.74) is 0. The highest BCUT2D eigenvalue weighted by Gasteiger charge is 2.31. The number of nitrogens with one attached hydrogen (secondary N) is 2. The molecule has 0 aliphatic heterocycles. The average Bonchev–Trinajstić information content (AvgIpc) is 3.37. The molecule has 0 spiro atoms. The van der Waals surface area contributed by atoms with Crippen molar-refractivity contribution in [2.45, 2.75) is 206 Å². The Morgan fingerprint density at radius 3 is 1.25 bits per heavy atom. The summed E-state index contributed by atoms with van der Waals surface area (Å²) in [4.78, 5) is 95.6. The molecular weight excluding hydrogens is 1050 g/mol. The van der Waals surface area contributed by atoms with Gasteiger partial charge in [-0.05, 0) is 108 Å². The number of Topliss-reactive ketones (excluding diaryl/α,β-unsaturated/α-hetero) is 2. The van der Waals surface area contributed by atoms with Crippen molar-refractivity contribution < 1.29 is 58.8 Å². The maximum Gasteiger partial charge on any atom is 0.306 e. The summed E-state index contributed by atoms with van der Waals surface area (Å²) in [5.74, 6) is -7.42. The lowest BCUT2D eigenvalue weighted by atomic mass is 9.78. The third kappa shape index (κ3) is 52.1. The number of hydrogen-bond acceptors (Lipinski definition) is 14. The molecule has 0 bridgehead atoms. The largest absolute Gasteiger partial charge is 0.481 e. The van der Waals surface area contributed by atoms with Gasteiger partial charge in [0.25, 0.3) is 0 Å². The lowest BCUT2D eigenvalue weighted by Gasteiger charge is -2.28. The van der Waals surface area contributed by atoms with Crippen molar-refractivity contribution in [1.29, 1.82) is 0 Å². The molecule has 0 aromatic carbocycles. The van der Waals surface area contributed by atoms with Gasteiger partial charge in [0, 0.05) is 57.5 Å². The molecule has 1 fully saturated rings. The van der Waals surface area contributed by atoms with Crippen LogP contribution < -0.4 is 10.6 Å². The van der Waals surface area contributed by atoms with Gasteiger partial charge in [-0.1, -0.05) is 168 Å². The lowest BCUT2D eigenvalue weighted by molar-refractivity contribution is -0.146. The first-order chi connectivity index (χ1) is 34.9. The zero-order chi connectivity index (χ0) is 55.5. The second-order valence-electron chi connectivity index (χ2n) is 18.7. The van der Waals surface area contributed by atoms with Gasteiger partial charge in [0.05, 0.1) is 17.8 Å². The number of rotatable bonds is 43. The second kappa shape index (κ2) is 55.0. The molecule has 1 aliphatic rings. The molecule has 0 heterocycles. The highest BCUT2D eigenvalue weighted by Crippen LogP contribution is 2.31. The van der Waals surface area contributed by atoms with Crippen molar-refractivity contribution >= 4 is 112 Å². The van der Waals surface area contributed by atoms with Crippen LogP contribution in [-0.2, 0) is 38.4 Å². The Bertz CT molecular complexity index is 1430. The highest BCUT2D eigenvalue weighted by molar-refractivity contribution is 8.76. The van der Waals surface area contributed by atoms with Crippen LogP contribution in [0.3, 0.4) is 0 Å². The summed E-state index contributed by atoms with van der Waals surface area (Å²) in [7, 11) is 10.6. The van der Waals surface area contributed by atoms with Gasteiger partial charge in [-0.15, -0.1) is 0 Å². The van der Waals surface area contributed by atoms with E-state index in [1.807, 2.05) is 0 Å². The van der Waals surface area contributed by atoms with E-state index in [1.54, 1.807) is 71.7 Å². The van der Waals surface area contributed by atoms with E-state index in [4.69, 9.17) is 10.2 Å². The first kappa shape index (κ1) is 75.5. The fourth-order valence-corrected chi connectivity index (χ4v) is 8.14. The summed E-state index contributed by atoms with van der Waals surface area (Å²) in [6, 6.07) is 0. The van der Waals surface area contributed by atoms with Gasteiger partial charge < -0.3 is 31.1 Å².